The van der Waals surface area contributed by atoms with Crippen molar-refractivity contribution in [1.29, 1.82) is 0 Å². The number of nitrogens with zero attached hydrogens (tertiary/aromatic N) is 2. The van der Waals surface area contributed by atoms with E-state index in [1.54, 1.807) is 24.5 Å². The Labute approximate surface area is 132 Å². The zero-order valence-corrected chi connectivity index (χ0v) is 13.0. The van der Waals surface area contributed by atoms with Crippen LogP contribution >= 0.6 is 0 Å². The fourth-order valence-electron chi connectivity index (χ4n) is 1.99. The van der Waals surface area contributed by atoms with Crippen molar-refractivity contribution in [1.82, 2.24) is 9.88 Å². The Kier molecular flexibility index (Phi) is 5.73. The van der Waals surface area contributed by atoms with E-state index in [4.69, 9.17) is 0 Å². The van der Waals surface area contributed by atoms with Crippen LogP contribution < -0.4 is 0 Å². The molecule has 0 atom stereocenters. The number of hydrogen-bond acceptors (Lipinski definition) is 3. The van der Waals surface area contributed by atoms with Gasteiger partial charge in [0, 0.05) is 30.0 Å². The predicted octanol–water partition coefficient (Wildman–Crippen LogP) is 3.53. The topological polar surface area (TPSA) is 33.2 Å². The van der Waals surface area contributed by atoms with Gasteiger partial charge in [0.15, 0.2) is 5.78 Å². The summed E-state index contributed by atoms with van der Waals surface area (Å²) in [6.07, 6.45) is 3.47. The van der Waals surface area contributed by atoms with Gasteiger partial charge in [-0.15, -0.1) is 0 Å². The molecule has 0 aliphatic rings. The lowest BCUT2D eigenvalue weighted by Gasteiger charge is -2.22. The van der Waals surface area contributed by atoms with E-state index in [-0.39, 0.29) is 12.2 Å². The standard InChI is InChI=1S/C19H20N2O/c1-16(2)21(15-17-7-4-3-5-8-17)14-6-9-19(22)18-10-12-20-13-11-18/h3-5,7-8,10-13,16H,9,15H2,1-2H3. The van der Waals surface area contributed by atoms with Gasteiger partial charge in [-0.3, -0.25) is 9.78 Å². The third-order valence-electron chi connectivity index (χ3n) is 3.29. The van der Waals surface area contributed by atoms with Gasteiger partial charge in [-0.2, -0.15) is 0 Å². The van der Waals surface area contributed by atoms with Crippen LogP contribution in [0.4, 0.5) is 0 Å². The third kappa shape index (κ3) is 4.75. The minimum absolute atomic E-state index is 0.0262. The highest BCUT2D eigenvalue weighted by Crippen LogP contribution is 2.07. The van der Waals surface area contributed by atoms with Gasteiger partial charge in [0.2, 0.25) is 0 Å². The lowest BCUT2D eigenvalue weighted by atomic mass is 10.1. The number of hydrogen-bond donors (Lipinski definition) is 0. The largest absolute Gasteiger partial charge is 0.326 e. The van der Waals surface area contributed by atoms with Crippen LogP contribution in [-0.2, 0) is 6.54 Å². The van der Waals surface area contributed by atoms with E-state index < -0.39 is 0 Å². The average Bonchev–Trinajstić information content (AvgIpc) is 2.55. The van der Waals surface area contributed by atoms with Crippen LogP contribution in [0.2, 0.25) is 0 Å². The summed E-state index contributed by atoms with van der Waals surface area (Å²) in [5.41, 5.74) is 1.87. The third-order valence-corrected chi connectivity index (χ3v) is 3.29. The van der Waals surface area contributed by atoms with Gasteiger partial charge in [-0.1, -0.05) is 36.3 Å². The zero-order valence-electron chi connectivity index (χ0n) is 13.0. The molecule has 2 aromatic rings. The van der Waals surface area contributed by atoms with Crippen LogP contribution in [-0.4, -0.2) is 21.7 Å². The molecule has 0 saturated carbocycles. The van der Waals surface area contributed by atoms with E-state index >= 15 is 0 Å². The maximum atomic E-state index is 12.0. The molecule has 0 amide bonds. The number of carbonyl (C=O) groups excluding carboxylic acids is 1. The quantitative estimate of drug-likeness (QED) is 0.480. The Hall–Kier alpha value is -2.60. The molecule has 0 aliphatic carbocycles. The van der Waals surface area contributed by atoms with Crippen molar-refractivity contribution in [2.75, 3.05) is 0 Å². The first kappa shape index (κ1) is 15.8. The molecule has 1 heterocycles. The van der Waals surface area contributed by atoms with Crippen LogP contribution in [0.15, 0.2) is 54.9 Å². The summed E-state index contributed by atoms with van der Waals surface area (Å²) in [4.78, 5) is 18.0. The molecular formula is C19H20N2O. The first-order valence-electron chi connectivity index (χ1n) is 7.39. The van der Waals surface area contributed by atoms with Crippen molar-refractivity contribution in [3.8, 4) is 12.0 Å². The molecule has 0 radical (unpaired) electrons. The number of carbonyl (C=O) groups is 1. The SMILES string of the molecule is CC(C)N(C#CCC(=O)c1ccncc1)Cc1ccccc1. The van der Waals surface area contributed by atoms with Crippen LogP contribution in [0.3, 0.4) is 0 Å². The highest BCUT2D eigenvalue weighted by molar-refractivity contribution is 5.97. The van der Waals surface area contributed by atoms with E-state index in [9.17, 15) is 4.79 Å². The monoisotopic (exact) mass is 292 g/mol. The first-order chi connectivity index (χ1) is 10.7. The molecule has 0 fully saturated rings. The summed E-state index contributed by atoms with van der Waals surface area (Å²) in [6.45, 7) is 4.96. The Balaban J connectivity index is 1.99. The van der Waals surface area contributed by atoms with Gasteiger partial charge >= 0.3 is 0 Å². The van der Waals surface area contributed by atoms with Crippen molar-refractivity contribution in [3.05, 3.63) is 66.0 Å². The molecule has 0 unspecified atom stereocenters. The van der Waals surface area contributed by atoms with Crippen LogP contribution in [0.5, 0.6) is 0 Å². The lowest BCUT2D eigenvalue weighted by molar-refractivity contribution is 0.0998. The number of rotatable bonds is 5. The molecule has 0 bridgehead atoms. The maximum absolute atomic E-state index is 12.0. The molecule has 3 nitrogen and oxygen atoms in total. The minimum atomic E-state index is 0.0262. The summed E-state index contributed by atoms with van der Waals surface area (Å²) in [6, 6.07) is 17.1. The first-order valence-corrected chi connectivity index (χ1v) is 7.39. The smallest absolute Gasteiger partial charge is 0.174 e. The van der Waals surface area contributed by atoms with Gasteiger partial charge in [0.25, 0.3) is 0 Å². The van der Waals surface area contributed by atoms with E-state index in [0.29, 0.717) is 11.6 Å². The summed E-state index contributed by atoms with van der Waals surface area (Å²) in [7, 11) is 0. The Morgan fingerprint density at radius 2 is 1.82 bits per heavy atom. The van der Waals surface area contributed by atoms with E-state index in [2.05, 4.69) is 47.8 Å². The second-order valence-corrected chi connectivity index (χ2v) is 5.33. The van der Waals surface area contributed by atoms with Crippen LogP contribution in [0.25, 0.3) is 0 Å². The van der Waals surface area contributed by atoms with Crippen molar-refractivity contribution in [2.45, 2.75) is 32.9 Å². The molecule has 0 aliphatic heterocycles. The molecule has 2 rings (SSSR count). The maximum Gasteiger partial charge on any atom is 0.174 e. The highest BCUT2D eigenvalue weighted by atomic mass is 16.1. The number of pyridine rings is 1. The number of aromatic nitrogens is 1. The number of Topliss-reactive ketones (excluding diaryl/α,β-unsaturated/α-hetero) is 1. The molecule has 0 N–H and O–H groups in total. The van der Waals surface area contributed by atoms with Crippen LogP contribution in [0, 0.1) is 12.0 Å². The van der Waals surface area contributed by atoms with E-state index in [1.807, 2.05) is 18.2 Å². The molecule has 22 heavy (non-hydrogen) atoms. The number of benzene rings is 1. The van der Waals surface area contributed by atoms with Gasteiger partial charge in [0.05, 0.1) is 13.0 Å². The van der Waals surface area contributed by atoms with E-state index in [1.165, 1.54) is 5.56 Å². The van der Waals surface area contributed by atoms with Gasteiger partial charge < -0.3 is 4.90 Å². The summed E-state index contributed by atoms with van der Waals surface area (Å²) in [5, 5.41) is 0. The van der Waals surface area contributed by atoms with Crippen molar-refractivity contribution >= 4 is 5.78 Å². The fourth-order valence-corrected chi connectivity index (χ4v) is 1.99. The Morgan fingerprint density at radius 1 is 1.14 bits per heavy atom. The summed E-state index contributed by atoms with van der Waals surface area (Å²) >= 11 is 0. The van der Waals surface area contributed by atoms with Gasteiger partial charge in [-0.05, 0) is 31.5 Å². The van der Waals surface area contributed by atoms with Crippen LogP contribution in [0.1, 0.15) is 36.2 Å². The van der Waals surface area contributed by atoms with E-state index in [0.717, 1.165) is 6.54 Å². The fraction of sp³-hybridized carbons (Fsp3) is 0.263. The average molecular weight is 292 g/mol. The summed E-state index contributed by atoms with van der Waals surface area (Å²) in [5.74, 6) is 3.02. The number of ketones is 1. The molecule has 0 saturated heterocycles. The van der Waals surface area contributed by atoms with Gasteiger partial charge in [-0.25, -0.2) is 0 Å². The minimum Gasteiger partial charge on any atom is -0.326 e. The van der Waals surface area contributed by atoms with Crippen molar-refractivity contribution in [2.24, 2.45) is 0 Å². The summed E-state index contributed by atoms with van der Waals surface area (Å²) < 4.78 is 0. The molecule has 1 aromatic carbocycles. The normalized spacial score (nSPS) is 9.95. The Morgan fingerprint density at radius 3 is 2.45 bits per heavy atom. The predicted molar refractivity (Wildman–Crippen MR) is 88.1 cm³/mol. The lowest BCUT2D eigenvalue weighted by Crippen LogP contribution is -2.25. The highest BCUT2D eigenvalue weighted by Gasteiger charge is 2.06. The second kappa shape index (κ2) is 7.99. The zero-order chi connectivity index (χ0) is 15.8. The Bertz CT molecular complexity index is 654. The second-order valence-electron chi connectivity index (χ2n) is 5.33. The molecule has 0 spiro atoms. The molecule has 3 heteroatoms. The molecule has 1 aromatic heterocycles. The van der Waals surface area contributed by atoms with Gasteiger partial charge in [0.1, 0.15) is 0 Å². The molecule has 112 valence electrons. The molecular weight excluding hydrogens is 272 g/mol. The van der Waals surface area contributed by atoms with Crippen molar-refractivity contribution < 1.29 is 4.79 Å². The van der Waals surface area contributed by atoms with Crippen molar-refractivity contribution in [3.63, 3.8) is 0 Å².